The van der Waals surface area contributed by atoms with Crippen LogP contribution < -0.4 is 0 Å². The van der Waals surface area contributed by atoms with Gasteiger partial charge in [0.25, 0.3) is 0 Å². The van der Waals surface area contributed by atoms with Crippen LogP contribution in [0.1, 0.15) is 0 Å². The Morgan fingerprint density at radius 1 is 0.615 bits per heavy atom. The van der Waals surface area contributed by atoms with Crippen molar-refractivity contribution in [1.82, 2.24) is 19.5 Å². The number of aromatic nitrogens is 4. The molecule has 6 heterocycles. The van der Waals surface area contributed by atoms with E-state index >= 15 is 0 Å². The standard InChI is InChI=1S/C33H18N4OS/c1-2-5-25-21(4-1)24-18-34-14-11-26(24)37(25)27-12-15-36-32-22-16-19(7-9-28(22)38-33(27)32)20-8-10-29-23(17-20)31-30(39-29)6-3-13-35-31/h1-18H. The molecular formula is C33H18N4OS. The number of hydrogen-bond donors (Lipinski definition) is 0. The third-order valence-electron chi connectivity index (χ3n) is 7.60. The van der Waals surface area contributed by atoms with Crippen LogP contribution in [0.25, 0.3) is 81.0 Å². The zero-order chi connectivity index (χ0) is 25.5. The van der Waals surface area contributed by atoms with Crippen LogP contribution in [0.15, 0.2) is 114 Å². The van der Waals surface area contributed by atoms with Gasteiger partial charge in [-0.25, -0.2) is 0 Å². The first kappa shape index (κ1) is 20.9. The van der Waals surface area contributed by atoms with Crippen LogP contribution in [0, 0.1) is 0 Å². The quantitative estimate of drug-likeness (QED) is 0.229. The van der Waals surface area contributed by atoms with Gasteiger partial charge >= 0.3 is 0 Å². The molecule has 5 nitrogen and oxygen atoms in total. The summed E-state index contributed by atoms with van der Waals surface area (Å²) in [7, 11) is 0. The van der Waals surface area contributed by atoms with Gasteiger partial charge in [0, 0.05) is 51.0 Å². The van der Waals surface area contributed by atoms with Crippen molar-refractivity contribution in [2.75, 3.05) is 0 Å². The second-order valence-corrected chi connectivity index (χ2v) is 10.8. The Labute approximate surface area is 225 Å². The summed E-state index contributed by atoms with van der Waals surface area (Å²) in [6.45, 7) is 0. The summed E-state index contributed by atoms with van der Waals surface area (Å²) in [6, 6.07) is 29.6. The van der Waals surface area contributed by atoms with E-state index in [-0.39, 0.29) is 0 Å². The monoisotopic (exact) mass is 518 g/mol. The molecule has 0 aliphatic rings. The Balaban J connectivity index is 1.28. The predicted octanol–water partition coefficient (Wildman–Crippen LogP) is 8.90. The highest BCUT2D eigenvalue weighted by Crippen LogP contribution is 2.39. The molecule has 0 aliphatic carbocycles. The predicted molar refractivity (Wildman–Crippen MR) is 160 cm³/mol. The van der Waals surface area contributed by atoms with Crippen LogP contribution >= 0.6 is 11.3 Å². The van der Waals surface area contributed by atoms with Gasteiger partial charge in [-0.2, -0.15) is 0 Å². The molecule has 0 saturated heterocycles. The van der Waals surface area contributed by atoms with Crippen molar-refractivity contribution in [3.8, 4) is 16.8 Å². The van der Waals surface area contributed by atoms with E-state index < -0.39 is 0 Å². The van der Waals surface area contributed by atoms with Gasteiger partial charge in [-0.3, -0.25) is 15.0 Å². The first-order valence-electron chi connectivity index (χ1n) is 12.8. The Morgan fingerprint density at radius 3 is 2.44 bits per heavy atom. The van der Waals surface area contributed by atoms with Gasteiger partial charge in [-0.15, -0.1) is 11.3 Å². The van der Waals surface area contributed by atoms with Gasteiger partial charge in [-0.1, -0.05) is 30.3 Å². The van der Waals surface area contributed by atoms with E-state index in [1.165, 1.54) is 14.8 Å². The second-order valence-electron chi connectivity index (χ2n) is 9.73. The molecule has 6 heteroatoms. The van der Waals surface area contributed by atoms with Crippen molar-refractivity contribution in [2.45, 2.75) is 0 Å². The number of thiophene rings is 1. The minimum atomic E-state index is 0.771. The van der Waals surface area contributed by atoms with E-state index in [1.807, 2.05) is 36.9 Å². The molecule has 9 rings (SSSR count). The average molecular weight is 519 g/mol. The average Bonchev–Trinajstić information content (AvgIpc) is 3.66. The number of furan rings is 1. The van der Waals surface area contributed by atoms with Crippen molar-refractivity contribution in [1.29, 1.82) is 0 Å². The molecule has 0 radical (unpaired) electrons. The molecule has 0 saturated carbocycles. The van der Waals surface area contributed by atoms with E-state index in [4.69, 9.17) is 9.40 Å². The zero-order valence-electron chi connectivity index (χ0n) is 20.5. The lowest BCUT2D eigenvalue weighted by Gasteiger charge is -2.07. The van der Waals surface area contributed by atoms with Gasteiger partial charge in [0.2, 0.25) is 0 Å². The van der Waals surface area contributed by atoms with Crippen LogP contribution in [-0.4, -0.2) is 19.5 Å². The molecule has 182 valence electrons. The Kier molecular flexibility index (Phi) is 4.14. The molecule has 0 N–H and O–H groups in total. The van der Waals surface area contributed by atoms with E-state index in [1.54, 1.807) is 11.3 Å². The summed E-state index contributed by atoms with van der Waals surface area (Å²) in [5, 5.41) is 4.46. The van der Waals surface area contributed by atoms with Crippen molar-refractivity contribution in [3.63, 3.8) is 0 Å². The molecule has 0 aliphatic heterocycles. The molecular weight excluding hydrogens is 500 g/mol. The molecule has 6 aromatic heterocycles. The maximum absolute atomic E-state index is 6.50. The smallest absolute Gasteiger partial charge is 0.177 e. The Bertz CT molecular complexity index is 2360. The van der Waals surface area contributed by atoms with E-state index in [0.717, 1.165) is 66.2 Å². The molecule has 0 amide bonds. The minimum Gasteiger partial charge on any atom is -0.452 e. The van der Waals surface area contributed by atoms with Crippen LogP contribution in [0.5, 0.6) is 0 Å². The summed E-state index contributed by atoms with van der Waals surface area (Å²) in [5.74, 6) is 0. The fourth-order valence-corrected chi connectivity index (χ4v) is 6.90. The number of nitrogens with zero attached hydrogens (tertiary/aromatic N) is 4. The lowest BCUT2D eigenvalue weighted by molar-refractivity contribution is 0.665. The number of benzene rings is 3. The summed E-state index contributed by atoms with van der Waals surface area (Å²) >= 11 is 1.78. The molecule has 0 fully saturated rings. The third-order valence-corrected chi connectivity index (χ3v) is 8.73. The van der Waals surface area contributed by atoms with Crippen LogP contribution in [0.2, 0.25) is 0 Å². The van der Waals surface area contributed by atoms with Gasteiger partial charge in [0.1, 0.15) is 11.1 Å². The molecule has 0 bridgehead atoms. The lowest BCUT2D eigenvalue weighted by Crippen LogP contribution is -1.95. The highest BCUT2D eigenvalue weighted by molar-refractivity contribution is 7.25. The van der Waals surface area contributed by atoms with Crippen molar-refractivity contribution in [3.05, 3.63) is 110 Å². The second kappa shape index (κ2) is 7.72. The summed E-state index contributed by atoms with van der Waals surface area (Å²) in [4.78, 5) is 13.8. The van der Waals surface area contributed by atoms with E-state index in [0.29, 0.717) is 0 Å². The maximum Gasteiger partial charge on any atom is 0.177 e. The van der Waals surface area contributed by atoms with Gasteiger partial charge in [0.15, 0.2) is 5.58 Å². The van der Waals surface area contributed by atoms with Crippen LogP contribution in [0.3, 0.4) is 0 Å². The summed E-state index contributed by atoms with van der Waals surface area (Å²) in [6.07, 6.45) is 7.50. The third kappa shape index (κ3) is 2.92. The normalized spacial score (nSPS) is 12.1. The fraction of sp³-hybridized carbons (Fsp3) is 0. The number of rotatable bonds is 2. The highest BCUT2D eigenvalue weighted by atomic mass is 32.1. The van der Waals surface area contributed by atoms with Crippen molar-refractivity contribution in [2.24, 2.45) is 0 Å². The molecule has 0 atom stereocenters. The number of hydrogen-bond acceptors (Lipinski definition) is 5. The molecule has 9 aromatic rings. The number of pyridine rings is 3. The van der Waals surface area contributed by atoms with Crippen molar-refractivity contribution >= 4 is 75.5 Å². The first-order valence-corrected chi connectivity index (χ1v) is 13.6. The topological polar surface area (TPSA) is 56.7 Å². The largest absolute Gasteiger partial charge is 0.452 e. The summed E-state index contributed by atoms with van der Waals surface area (Å²) in [5.41, 5.74) is 8.94. The van der Waals surface area contributed by atoms with Gasteiger partial charge in [-0.05, 0) is 65.7 Å². The number of para-hydroxylation sites is 1. The van der Waals surface area contributed by atoms with Crippen molar-refractivity contribution < 1.29 is 4.42 Å². The Morgan fingerprint density at radius 2 is 1.46 bits per heavy atom. The highest BCUT2D eigenvalue weighted by Gasteiger charge is 2.18. The molecule has 39 heavy (non-hydrogen) atoms. The van der Waals surface area contributed by atoms with Crippen LogP contribution in [0.4, 0.5) is 0 Å². The SMILES string of the molecule is c1cnc2c(c1)sc1ccc(-c3ccc4oc5c(-n6c7ccccc7c7cnccc76)ccnc5c4c3)cc12. The lowest BCUT2D eigenvalue weighted by atomic mass is 10.0. The minimum absolute atomic E-state index is 0.771. The zero-order valence-corrected chi connectivity index (χ0v) is 21.3. The van der Waals surface area contributed by atoms with Gasteiger partial charge in [0.05, 0.1) is 26.9 Å². The van der Waals surface area contributed by atoms with Crippen LogP contribution in [-0.2, 0) is 0 Å². The summed E-state index contributed by atoms with van der Waals surface area (Å²) < 4.78 is 11.2. The first-order chi connectivity index (χ1) is 19.3. The molecule has 3 aromatic carbocycles. The number of fused-ring (bicyclic) bond motifs is 9. The maximum atomic E-state index is 6.50. The van der Waals surface area contributed by atoms with E-state index in [2.05, 4.69) is 87.3 Å². The molecule has 0 unspecified atom stereocenters. The van der Waals surface area contributed by atoms with Gasteiger partial charge < -0.3 is 8.98 Å². The van der Waals surface area contributed by atoms with E-state index in [9.17, 15) is 0 Å². The fourth-order valence-electron chi connectivity index (χ4n) is 5.85. The molecule has 0 spiro atoms. The Hall–Kier alpha value is -5.07.